The molecule has 1 aliphatic rings. The molecule has 3 N–H and O–H groups in total. The van der Waals surface area contributed by atoms with Gasteiger partial charge in [0.15, 0.2) is 0 Å². The van der Waals surface area contributed by atoms with Crippen LogP contribution in [0, 0.1) is 6.92 Å². The molecule has 1 amide bonds. The highest BCUT2D eigenvalue weighted by atomic mass is 79.9. The van der Waals surface area contributed by atoms with Crippen molar-refractivity contribution in [3.05, 3.63) is 87.7 Å². The summed E-state index contributed by atoms with van der Waals surface area (Å²) >= 11 is 3.44. The van der Waals surface area contributed by atoms with Gasteiger partial charge in [0, 0.05) is 10.2 Å². The Labute approximate surface area is 175 Å². The predicted octanol–water partition coefficient (Wildman–Crippen LogP) is 4.19. The zero-order chi connectivity index (χ0) is 20.5. The molecule has 0 bridgehead atoms. The van der Waals surface area contributed by atoms with Gasteiger partial charge in [0.2, 0.25) is 0 Å². The lowest BCUT2D eigenvalue weighted by Gasteiger charge is -2.24. The van der Waals surface area contributed by atoms with E-state index in [0.29, 0.717) is 11.5 Å². The van der Waals surface area contributed by atoms with Crippen LogP contribution in [0.4, 0.5) is 11.5 Å². The number of amides is 1. The Morgan fingerprint density at radius 3 is 2.72 bits per heavy atom. The molecule has 4 rings (SSSR count). The molecule has 146 valence electrons. The average Bonchev–Trinajstić information content (AvgIpc) is 3.13. The summed E-state index contributed by atoms with van der Waals surface area (Å²) in [6.07, 6.45) is 3.02. The number of aromatic nitrogens is 2. The molecule has 1 atom stereocenters. The first-order chi connectivity index (χ1) is 13.9. The molecular weight excluding hydrogens is 436 g/mol. The Balaban J connectivity index is 1.74. The fourth-order valence-corrected chi connectivity index (χ4v) is 3.63. The van der Waals surface area contributed by atoms with Crippen LogP contribution in [0.2, 0.25) is 0 Å². The maximum Gasteiger partial charge on any atom is 0.352 e. The van der Waals surface area contributed by atoms with Crippen LogP contribution in [0.3, 0.4) is 0 Å². The molecule has 1 aliphatic heterocycles. The number of nitrogens with zero attached hydrogens (tertiary/aromatic N) is 2. The highest BCUT2D eigenvalue weighted by Crippen LogP contribution is 2.33. The lowest BCUT2D eigenvalue weighted by Crippen LogP contribution is -2.25. The maximum atomic E-state index is 12.9. The topological polar surface area (TPSA) is 96.3 Å². The second-order valence-electron chi connectivity index (χ2n) is 6.63. The summed E-state index contributed by atoms with van der Waals surface area (Å²) < 4.78 is 2.48. The minimum Gasteiger partial charge on any atom is -0.477 e. The number of carbonyl (C=O) groups is 2. The molecular formula is C21H17BrN4O3. The number of allylic oxidation sites excluding steroid dienone is 1. The van der Waals surface area contributed by atoms with Crippen LogP contribution in [0.15, 0.2) is 71.0 Å². The molecule has 0 fully saturated rings. The number of nitrogens with one attached hydrogen (secondary N) is 2. The minimum absolute atomic E-state index is 0.00656. The van der Waals surface area contributed by atoms with Crippen LogP contribution >= 0.6 is 15.9 Å². The van der Waals surface area contributed by atoms with Crippen LogP contribution in [0.5, 0.6) is 0 Å². The monoisotopic (exact) mass is 452 g/mol. The number of benzene rings is 2. The van der Waals surface area contributed by atoms with Gasteiger partial charge in [0.05, 0.1) is 12.2 Å². The zero-order valence-corrected chi connectivity index (χ0v) is 17.0. The third-order valence-corrected chi connectivity index (χ3v) is 5.19. The van der Waals surface area contributed by atoms with Crippen molar-refractivity contribution in [1.29, 1.82) is 0 Å². The second-order valence-corrected chi connectivity index (χ2v) is 7.55. The first kappa shape index (κ1) is 18.9. The third-order valence-electron chi connectivity index (χ3n) is 4.70. The number of carboxylic acid groups (broad SMARTS) is 1. The largest absolute Gasteiger partial charge is 0.477 e. The predicted molar refractivity (Wildman–Crippen MR) is 113 cm³/mol. The third kappa shape index (κ3) is 3.66. The molecule has 0 spiro atoms. The number of hydrogen-bond acceptors (Lipinski definition) is 4. The first-order valence-corrected chi connectivity index (χ1v) is 9.65. The lowest BCUT2D eigenvalue weighted by molar-refractivity contribution is -0.132. The maximum absolute atomic E-state index is 12.9. The standard InChI is InChI=1S/C21H17BrN4O3/c1-12-5-2-3-8-16(12)25-20(27)15-11-23-26-18(13-6-4-7-14(22)9-13)10-17(21(28)29)24-19(15)26/h2-11,18,24H,1H3,(H,25,27)(H,28,29)/t18-/m0/s1. The summed E-state index contributed by atoms with van der Waals surface area (Å²) in [7, 11) is 0. The van der Waals surface area contributed by atoms with Crippen LogP contribution < -0.4 is 10.6 Å². The van der Waals surface area contributed by atoms with E-state index in [1.165, 1.54) is 6.20 Å². The van der Waals surface area contributed by atoms with Gasteiger partial charge in [-0.2, -0.15) is 5.10 Å². The van der Waals surface area contributed by atoms with Crippen LogP contribution in [-0.4, -0.2) is 26.8 Å². The number of para-hydroxylation sites is 1. The average molecular weight is 453 g/mol. The van der Waals surface area contributed by atoms with Gasteiger partial charge in [-0.1, -0.05) is 46.3 Å². The quantitative estimate of drug-likeness (QED) is 0.551. The number of halogens is 1. The van der Waals surface area contributed by atoms with E-state index in [-0.39, 0.29) is 17.2 Å². The van der Waals surface area contributed by atoms with E-state index in [1.807, 2.05) is 55.5 Å². The molecule has 1 aromatic heterocycles. The summed E-state index contributed by atoms with van der Waals surface area (Å²) in [6, 6.07) is 14.5. The van der Waals surface area contributed by atoms with Gasteiger partial charge in [-0.25, -0.2) is 9.48 Å². The Bertz CT molecular complexity index is 1150. The van der Waals surface area contributed by atoms with Crippen LogP contribution in [0.25, 0.3) is 0 Å². The molecule has 0 unspecified atom stereocenters. The number of aliphatic carboxylic acids is 1. The number of carboxylic acids is 1. The summed E-state index contributed by atoms with van der Waals surface area (Å²) in [5.41, 5.74) is 2.71. The molecule has 3 aromatic rings. The van der Waals surface area contributed by atoms with Gasteiger partial charge in [-0.05, 0) is 42.3 Å². The summed E-state index contributed by atoms with van der Waals surface area (Å²) in [6.45, 7) is 1.90. The summed E-state index contributed by atoms with van der Waals surface area (Å²) in [5, 5.41) is 19.6. The Morgan fingerprint density at radius 2 is 2.00 bits per heavy atom. The molecule has 0 saturated carbocycles. The normalized spacial score (nSPS) is 15.1. The van der Waals surface area contributed by atoms with E-state index < -0.39 is 12.0 Å². The number of carbonyl (C=O) groups excluding carboxylic acids is 1. The first-order valence-electron chi connectivity index (χ1n) is 8.86. The smallest absolute Gasteiger partial charge is 0.352 e. The number of hydrogen-bond donors (Lipinski definition) is 3. The van der Waals surface area contributed by atoms with E-state index in [4.69, 9.17) is 0 Å². The molecule has 2 aromatic carbocycles. The molecule has 0 aliphatic carbocycles. The zero-order valence-electron chi connectivity index (χ0n) is 15.4. The number of anilines is 2. The van der Waals surface area contributed by atoms with Gasteiger partial charge >= 0.3 is 5.97 Å². The fraction of sp³-hybridized carbons (Fsp3) is 0.0952. The minimum atomic E-state index is -1.11. The number of rotatable bonds is 4. The van der Waals surface area contributed by atoms with E-state index >= 15 is 0 Å². The molecule has 8 heteroatoms. The summed E-state index contributed by atoms with van der Waals surface area (Å²) in [4.78, 5) is 24.6. The van der Waals surface area contributed by atoms with E-state index in [2.05, 4.69) is 31.7 Å². The van der Waals surface area contributed by atoms with Crippen molar-refractivity contribution in [2.45, 2.75) is 13.0 Å². The van der Waals surface area contributed by atoms with Crippen LogP contribution in [0.1, 0.15) is 27.5 Å². The molecule has 29 heavy (non-hydrogen) atoms. The van der Waals surface area contributed by atoms with E-state index in [1.54, 1.807) is 10.8 Å². The molecule has 0 radical (unpaired) electrons. The molecule has 0 saturated heterocycles. The van der Waals surface area contributed by atoms with Crippen molar-refractivity contribution < 1.29 is 14.7 Å². The highest BCUT2D eigenvalue weighted by Gasteiger charge is 2.29. The van der Waals surface area contributed by atoms with Crippen molar-refractivity contribution in [3.63, 3.8) is 0 Å². The van der Waals surface area contributed by atoms with Crippen molar-refractivity contribution in [2.75, 3.05) is 10.6 Å². The Morgan fingerprint density at radius 1 is 1.21 bits per heavy atom. The van der Waals surface area contributed by atoms with E-state index in [0.717, 1.165) is 15.6 Å². The van der Waals surface area contributed by atoms with Crippen molar-refractivity contribution in [3.8, 4) is 0 Å². The molecule has 2 heterocycles. The highest BCUT2D eigenvalue weighted by molar-refractivity contribution is 9.10. The van der Waals surface area contributed by atoms with Gasteiger partial charge in [-0.3, -0.25) is 4.79 Å². The fourth-order valence-electron chi connectivity index (χ4n) is 3.22. The second kappa shape index (κ2) is 7.56. The Hall–Kier alpha value is -3.39. The van der Waals surface area contributed by atoms with Gasteiger partial charge in [0.25, 0.3) is 5.91 Å². The SMILES string of the molecule is Cc1ccccc1NC(=O)c1cnn2c1NC(C(=O)O)=C[C@H]2c1cccc(Br)c1. The van der Waals surface area contributed by atoms with E-state index in [9.17, 15) is 14.7 Å². The van der Waals surface area contributed by atoms with Crippen molar-refractivity contribution in [1.82, 2.24) is 9.78 Å². The van der Waals surface area contributed by atoms with Crippen molar-refractivity contribution >= 4 is 39.3 Å². The van der Waals surface area contributed by atoms with Gasteiger partial charge in [0.1, 0.15) is 17.1 Å². The van der Waals surface area contributed by atoms with Crippen molar-refractivity contribution in [2.24, 2.45) is 0 Å². The number of fused-ring (bicyclic) bond motifs is 1. The van der Waals surface area contributed by atoms with Gasteiger partial charge < -0.3 is 15.7 Å². The number of aryl methyl sites for hydroxylation is 1. The van der Waals surface area contributed by atoms with Crippen LogP contribution in [-0.2, 0) is 4.79 Å². The van der Waals surface area contributed by atoms with Gasteiger partial charge in [-0.15, -0.1) is 0 Å². The molecule has 7 nitrogen and oxygen atoms in total. The lowest BCUT2D eigenvalue weighted by atomic mass is 10.0. The summed E-state index contributed by atoms with van der Waals surface area (Å²) in [5.74, 6) is -1.14. The Kier molecular flexibility index (Phi) is 4.94.